The van der Waals surface area contributed by atoms with Crippen molar-refractivity contribution in [3.8, 4) is 0 Å². The van der Waals surface area contributed by atoms with Crippen molar-refractivity contribution >= 4 is 21.6 Å². The molecule has 0 spiro atoms. The van der Waals surface area contributed by atoms with E-state index in [2.05, 4.69) is 31.3 Å². The minimum absolute atomic E-state index is 0.129. The van der Waals surface area contributed by atoms with Crippen LogP contribution >= 0.6 is 0 Å². The van der Waals surface area contributed by atoms with Crippen molar-refractivity contribution in [3.05, 3.63) is 63.7 Å². The molecule has 0 aliphatic carbocycles. The first-order chi connectivity index (χ1) is 12.4. The van der Waals surface area contributed by atoms with Crippen LogP contribution in [0.2, 0.25) is 0 Å². The number of sulfonamides is 1. The van der Waals surface area contributed by atoms with Crippen LogP contribution in [0.15, 0.2) is 30.3 Å². The highest BCUT2D eigenvalue weighted by Gasteiger charge is 2.18. The second-order valence-electron chi connectivity index (χ2n) is 7.22. The summed E-state index contributed by atoms with van der Waals surface area (Å²) in [5.74, 6) is -0.184. The molecule has 0 bridgehead atoms. The van der Waals surface area contributed by atoms with Crippen LogP contribution < -0.4 is 9.62 Å². The molecule has 0 unspecified atom stereocenters. The molecule has 5 nitrogen and oxygen atoms in total. The first-order valence-corrected chi connectivity index (χ1v) is 10.7. The summed E-state index contributed by atoms with van der Waals surface area (Å²) in [7, 11) is -1.84. The van der Waals surface area contributed by atoms with Crippen LogP contribution in [0.4, 0.5) is 5.69 Å². The van der Waals surface area contributed by atoms with Crippen molar-refractivity contribution in [2.24, 2.45) is 0 Å². The van der Waals surface area contributed by atoms with E-state index in [-0.39, 0.29) is 11.9 Å². The lowest BCUT2D eigenvalue weighted by atomic mass is 9.96. The maximum absolute atomic E-state index is 12.7. The normalized spacial score (nSPS) is 12.6. The predicted molar refractivity (Wildman–Crippen MR) is 111 cm³/mol. The lowest BCUT2D eigenvalue weighted by Crippen LogP contribution is -2.28. The molecule has 1 atom stereocenters. The summed E-state index contributed by atoms with van der Waals surface area (Å²) in [5.41, 5.74) is 6.46. The molecular weight excluding hydrogens is 360 g/mol. The van der Waals surface area contributed by atoms with Gasteiger partial charge in [0, 0.05) is 12.6 Å². The zero-order valence-electron chi connectivity index (χ0n) is 17.0. The zero-order chi connectivity index (χ0) is 20.5. The minimum Gasteiger partial charge on any atom is -0.346 e. The number of aryl methyl sites for hydroxylation is 4. The third-order valence-electron chi connectivity index (χ3n) is 4.99. The second-order valence-corrected chi connectivity index (χ2v) is 9.23. The molecule has 0 fully saturated rings. The number of amides is 1. The van der Waals surface area contributed by atoms with E-state index in [0.717, 1.165) is 22.9 Å². The maximum atomic E-state index is 12.7. The van der Waals surface area contributed by atoms with Crippen molar-refractivity contribution in [1.29, 1.82) is 0 Å². The topological polar surface area (TPSA) is 66.5 Å². The number of carbonyl (C=O) groups is 1. The van der Waals surface area contributed by atoms with Gasteiger partial charge in [0.15, 0.2) is 0 Å². The molecule has 2 aromatic carbocycles. The van der Waals surface area contributed by atoms with Gasteiger partial charge in [-0.2, -0.15) is 0 Å². The highest BCUT2D eigenvalue weighted by molar-refractivity contribution is 7.92. The number of carbonyl (C=O) groups excluding carboxylic acids is 1. The van der Waals surface area contributed by atoms with Crippen molar-refractivity contribution in [2.75, 3.05) is 17.6 Å². The molecular formula is C21H28N2O3S. The van der Waals surface area contributed by atoms with Crippen LogP contribution in [0.25, 0.3) is 0 Å². The van der Waals surface area contributed by atoms with Crippen molar-refractivity contribution < 1.29 is 13.2 Å². The van der Waals surface area contributed by atoms with Gasteiger partial charge in [-0.15, -0.1) is 0 Å². The highest BCUT2D eigenvalue weighted by atomic mass is 32.2. The Kier molecular flexibility index (Phi) is 6.00. The first-order valence-electron chi connectivity index (χ1n) is 8.85. The van der Waals surface area contributed by atoms with Crippen LogP contribution in [0.5, 0.6) is 0 Å². The van der Waals surface area contributed by atoms with Gasteiger partial charge in [0.25, 0.3) is 5.91 Å². The Hall–Kier alpha value is -2.34. The van der Waals surface area contributed by atoms with E-state index in [1.807, 2.05) is 13.8 Å². The Bertz CT molecular complexity index is 981. The van der Waals surface area contributed by atoms with E-state index < -0.39 is 10.0 Å². The predicted octanol–water partition coefficient (Wildman–Crippen LogP) is 3.81. The molecule has 0 aliphatic rings. The number of hydrogen-bond donors (Lipinski definition) is 1. The number of rotatable bonds is 5. The molecule has 2 aromatic rings. The summed E-state index contributed by atoms with van der Waals surface area (Å²) in [5, 5.41) is 3.04. The summed E-state index contributed by atoms with van der Waals surface area (Å²) in [4.78, 5) is 12.7. The molecule has 0 saturated carbocycles. The van der Waals surface area contributed by atoms with E-state index in [1.54, 1.807) is 25.1 Å². The van der Waals surface area contributed by atoms with Crippen LogP contribution in [-0.4, -0.2) is 27.6 Å². The fourth-order valence-corrected chi connectivity index (χ4v) is 3.70. The Morgan fingerprint density at radius 1 is 0.963 bits per heavy atom. The minimum atomic E-state index is -3.35. The zero-order valence-corrected chi connectivity index (χ0v) is 17.9. The van der Waals surface area contributed by atoms with Gasteiger partial charge in [0.1, 0.15) is 0 Å². The lowest BCUT2D eigenvalue weighted by Gasteiger charge is -2.21. The highest BCUT2D eigenvalue weighted by Crippen LogP contribution is 2.24. The summed E-state index contributed by atoms with van der Waals surface area (Å²) in [6.45, 7) is 9.95. The van der Waals surface area contributed by atoms with E-state index >= 15 is 0 Å². The van der Waals surface area contributed by atoms with Gasteiger partial charge < -0.3 is 5.32 Å². The fourth-order valence-electron chi connectivity index (χ4n) is 3.14. The summed E-state index contributed by atoms with van der Waals surface area (Å²) in [6, 6.07) is 9.15. The molecule has 2 rings (SSSR count). The average molecular weight is 389 g/mol. The Labute approximate surface area is 162 Å². The quantitative estimate of drug-likeness (QED) is 0.847. The molecule has 0 heterocycles. The summed E-state index contributed by atoms with van der Waals surface area (Å²) < 4.78 is 24.7. The Balaban J connectivity index is 2.24. The van der Waals surface area contributed by atoms with Gasteiger partial charge in [0.05, 0.1) is 18.0 Å². The monoisotopic (exact) mass is 388 g/mol. The first kappa shape index (κ1) is 21.0. The molecule has 27 heavy (non-hydrogen) atoms. The maximum Gasteiger partial charge on any atom is 0.251 e. The number of nitrogens with one attached hydrogen (secondary N) is 1. The molecule has 1 amide bonds. The molecule has 0 saturated heterocycles. The van der Waals surface area contributed by atoms with Crippen LogP contribution in [0.3, 0.4) is 0 Å². The van der Waals surface area contributed by atoms with E-state index in [0.29, 0.717) is 11.3 Å². The van der Waals surface area contributed by atoms with Gasteiger partial charge in [-0.3, -0.25) is 9.10 Å². The van der Waals surface area contributed by atoms with Crippen LogP contribution in [0.1, 0.15) is 51.1 Å². The van der Waals surface area contributed by atoms with Crippen molar-refractivity contribution in [3.63, 3.8) is 0 Å². The van der Waals surface area contributed by atoms with Crippen LogP contribution in [-0.2, 0) is 10.0 Å². The number of anilines is 1. The SMILES string of the molecule is Cc1cc(C)c([C@@H](C)NC(=O)c2ccc(N(C)S(C)(=O)=O)c(C)c2)cc1C. The molecule has 0 radical (unpaired) electrons. The average Bonchev–Trinajstić information content (AvgIpc) is 2.56. The third kappa shape index (κ3) is 4.69. The van der Waals surface area contributed by atoms with Gasteiger partial charge in [-0.05, 0) is 80.6 Å². The van der Waals surface area contributed by atoms with Gasteiger partial charge in [0.2, 0.25) is 10.0 Å². The fraction of sp³-hybridized carbons (Fsp3) is 0.381. The number of nitrogens with zero attached hydrogens (tertiary/aromatic N) is 1. The lowest BCUT2D eigenvalue weighted by molar-refractivity contribution is 0.0939. The second kappa shape index (κ2) is 7.72. The molecule has 0 aromatic heterocycles. The number of benzene rings is 2. The number of hydrogen-bond acceptors (Lipinski definition) is 3. The Morgan fingerprint density at radius 3 is 2.11 bits per heavy atom. The molecule has 0 aliphatic heterocycles. The Morgan fingerprint density at radius 2 is 1.56 bits per heavy atom. The van der Waals surface area contributed by atoms with E-state index in [4.69, 9.17) is 0 Å². The summed E-state index contributed by atoms with van der Waals surface area (Å²) in [6.07, 6.45) is 1.15. The van der Waals surface area contributed by atoms with Gasteiger partial charge in [-0.1, -0.05) is 12.1 Å². The molecule has 146 valence electrons. The van der Waals surface area contributed by atoms with Crippen molar-refractivity contribution in [1.82, 2.24) is 5.32 Å². The molecule has 6 heteroatoms. The molecule has 1 N–H and O–H groups in total. The smallest absolute Gasteiger partial charge is 0.251 e. The standard InChI is InChI=1S/C21H28N2O3S/c1-13-10-15(3)19(12-14(13)2)17(5)22-21(24)18-8-9-20(16(4)11-18)23(6)27(7,25)26/h8-12,17H,1-7H3,(H,22,24)/t17-/m1/s1. The van der Waals surface area contributed by atoms with Crippen molar-refractivity contribution in [2.45, 2.75) is 40.7 Å². The summed E-state index contributed by atoms with van der Waals surface area (Å²) >= 11 is 0. The van der Waals surface area contributed by atoms with E-state index in [1.165, 1.54) is 22.5 Å². The largest absolute Gasteiger partial charge is 0.346 e. The third-order valence-corrected chi connectivity index (χ3v) is 6.18. The van der Waals surface area contributed by atoms with Gasteiger partial charge in [-0.25, -0.2) is 8.42 Å². The van der Waals surface area contributed by atoms with E-state index in [9.17, 15) is 13.2 Å². The van der Waals surface area contributed by atoms with Crippen LogP contribution in [0, 0.1) is 27.7 Å². The van der Waals surface area contributed by atoms with Gasteiger partial charge >= 0.3 is 0 Å².